The second-order valence-corrected chi connectivity index (χ2v) is 30.2. The molecule has 0 saturated carbocycles. The van der Waals surface area contributed by atoms with Crippen molar-refractivity contribution in [2.75, 3.05) is 19.8 Å². The SMILES string of the molecule is CCCCCCCCC/C=C\CCCCCCCCCC(=O)OCCCCCCCCCCCCCCCCCCCCCCCCCCCCCCCCCCCCCCCCCC(=O)NC(COC1OC(CO)C(O)C(O)C1O)C(O)/C=C/CCCCCCCCCCCC. The van der Waals surface area contributed by atoms with Crippen LogP contribution in [0, 0.1) is 0 Å². The van der Waals surface area contributed by atoms with Gasteiger partial charge in [-0.3, -0.25) is 9.59 Å². The molecule has 574 valence electrons. The van der Waals surface area contributed by atoms with E-state index in [2.05, 4.69) is 31.3 Å². The number of esters is 1. The minimum absolute atomic E-state index is 0.0165. The highest BCUT2D eigenvalue weighted by atomic mass is 16.7. The first-order valence-electron chi connectivity index (χ1n) is 43.1. The molecule has 1 aliphatic heterocycles. The van der Waals surface area contributed by atoms with Crippen LogP contribution in [-0.2, 0) is 23.8 Å². The van der Waals surface area contributed by atoms with Crippen molar-refractivity contribution in [2.45, 2.75) is 493 Å². The van der Waals surface area contributed by atoms with E-state index in [-0.39, 0.29) is 18.5 Å². The topological polar surface area (TPSA) is 175 Å². The third-order valence-corrected chi connectivity index (χ3v) is 20.8. The maximum atomic E-state index is 13.1. The summed E-state index contributed by atoms with van der Waals surface area (Å²) in [6, 6.07) is -0.805. The van der Waals surface area contributed by atoms with Gasteiger partial charge in [0.25, 0.3) is 0 Å². The molecule has 1 fully saturated rings. The fourth-order valence-electron chi connectivity index (χ4n) is 14.1. The molecule has 0 aromatic heterocycles. The maximum absolute atomic E-state index is 13.1. The van der Waals surface area contributed by atoms with E-state index < -0.39 is 49.5 Å². The van der Waals surface area contributed by atoms with Gasteiger partial charge in [0, 0.05) is 12.8 Å². The predicted octanol–water partition coefficient (Wildman–Crippen LogP) is 23.9. The molecular formula is C86H165NO10. The smallest absolute Gasteiger partial charge is 0.305 e. The van der Waals surface area contributed by atoms with E-state index in [1.54, 1.807) is 6.08 Å². The summed E-state index contributed by atoms with van der Waals surface area (Å²) in [5, 5.41) is 54.6. The number of rotatable bonds is 78. The Morgan fingerprint density at radius 2 is 0.660 bits per heavy atom. The van der Waals surface area contributed by atoms with Crippen LogP contribution in [0.3, 0.4) is 0 Å². The second-order valence-electron chi connectivity index (χ2n) is 30.2. The van der Waals surface area contributed by atoms with Crippen molar-refractivity contribution in [2.24, 2.45) is 0 Å². The van der Waals surface area contributed by atoms with Gasteiger partial charge >= 0.3 is 5.97 Å². The number of hydrogen-bond acceptors (Lipinski definition) is 10. The molecule has 97 heavy (non-hydrogen) atoms. The zero-order valence-corrected chi connectivity index (χ0v) is 64.3. The Hall–Kier alpha value is -1.86. The Kier molecular flexibility index (Phi) is 72.3. The molecule has 1 amide bonds. The third-order valence-electron chi connectivity index (χ3n) is 20.8. The molecule has 0 aliphatic carbocycles. The number of amides is 1. The van der Waals surface area contributed by atoms with Gasteiger partial charge in [0.1, 0.15) is 24.4 Å². The van der Waals surface area contributed by atoms with Gasteiger partial charge in [-0.2, -0.15) is 0 Å². The average molecular weight is 1370 g/mol. The summed E-state index contributed by atoms with van der Waals surface area (Å²) in [5.74, 6) is -0.156. The molecule has 0 spiro atoms. The summed E-state index contributed by atoms with van der Waals surface area (Å²) >= 11 is 0. The summed E-state index contributed by atoms with van der Waals surface area (Å²) in [4.78, 5) is 25.2. The van der Waals surface area contributed by atoms with E-state index in [1.807, 2.05) is 6.08 Å². The predicted molar refractivity (Wildman–Crippen MR) is 412 cm³/mol. The van der Waals surface area contributed by atoms with Gasteiger partial charge in [-0.1, -0.05) is 404 Å². The van der Waals surface area contributed by atoms with Crippen LogP contribution in [0.15, 0.2) is 24.3 Å². The molecule has 11 heteroatoms. The van der Waals surface area contributed by atoms with Crippen molar-refractivity contribution < 1.29 is 49.3 Å². The highest BCUT2D eigenvalue weighted by molar-refractivity contribution is 5.76. The molecule has 0 radical (unpaired) electrons. The minimum atomic E-state index is -1.57. The lowest BCUT2D eigenvalue weighted by Crippen LogP contribution is -2.60. The van der Waals surface area contributed by atoms with Crippen molar-refractivity contribution in [1.29, 1.82) is 0 Å². The second kappa shape index (κ2) is 75.3. The molecular weight excluding hydrogens is 1210 g/mol. The quantitative estimate of drug-likeness (QED) is 0.0195. The molecule has 0 bridgehead atoms. The number of aliphatic hydroxyl groups excluding tert-OH is 5. The van der Waals surface area contributed by atoms with E-state index in [0.29, 0.717) is 19.4 Å². The molecule has 6 N–H and O–H groups in total. The van der Waals surface area contributed by atoms with Gasteiger partial charge in [-0.05, 0) is 57.8 Å². The van der Waals surface area contributed by atoms with Gasteiger partial charge in [-0.25, -0.2) is 0 Å². The summed E-state index contributed by atoms with van der Waals surface area (Å²) in [6.07, 6.45) is 88.1. The highest BCUT2D eigenvalue weighted by Gasteiger charge is 2.44. The van der Waals surface area contributed by atoms with Crippen LogP contribution >= 0.6 is 0 Å². The lowest BCUT2D eigenvalue weighted by molar-refractivity contribution is -0.302. The van der Waals surface area contributed by atoms with E-state index in [0.717, 1.165) is 57.8 Å². The lowest BCUT2D eigenvalue weighted by atomic mass is 9.99. The Labute approximate surface area is 601 Å². The summed E-state index contributed by atoms with van der Waals surface area (Å²) in [6.45, 7) is 4.40. The third kappa shape index (κ3) is 63.6. The zero-order valence-electron chi connectivity index (χ0n) is 64.3. The lowest BCUT2D eigenvalue weighted by Gasteiger charge is -2.40. The standard InChI is InChI=1S/C86H165NO10/c1-3-5-7-9-11-13-15-17-18-19-44-47-50-54-58-62-66-70-74-82(91)95-75-71-67-63-59-55-51-48-45-42-40-38-36-34-32-30-28-26-24-22-20-21-23-25-27-29-31-33-35-37-39-41-43-46-49-53-57-61-65-69-73-81(90)87-78(77-96-86-85(94)84(93)83(92)80(76-88)97-86)79(89)72-68-64-60-56-52-16-14-12-10-8-6-4-2/h18-19,68,72,78-80,83-86,88-89,92-94H,3-17,20-67,69-71,73-77H2,1-2H3,(H,87,90)/b19-18-,72-68+. The summed E-state index contributed by atoms with van der Waals surface area (Å²) in [5.41, 5.74) is 0. The summed E-state index contributed by atoms with van der Waals surface area (Å²) < 4.78 is 16.8. The maximum Gasteiger partial charge on any atom is 0.305 e. The Morgan fingerprint density at radius 1 is 0.371 bits per heavy atom. The number of hydrogen-bond donors (Lipinski definition) is 6. The Bertz CT molecular complexity index is 1660. The number of unbranched alkanes of at least 4 members (excludes halogenated alkanes) is 62. The molecule has 1 aliphatic rings. The van der Waals surface area contributed by atoms with Crippen molar-refractivity contribution in [3.8, 4) is 0 Å². The number of carbonyl (C=O) groups is 2. The van der Waals surface area contributed by atoms with Crippen LogP contribution in [-0.4, -0.2) is 100 Å². The monoisotopic (exact) mass is 1370 g/mol. The fourth-order valence-corrected chi connectivity index (χ4v) is 14.1. The van der Waals surface area contributed by atoms with Gasteiger partial charge in [0.05, 0.1) is 32.0 Å². The Balaban J connectivity index is 1.84. The first-order chi connectivity index (χ1) is 47.7. The first kappa shape index (κ1) is 93.2. The van der Waals surface area contributed by atoms with E-state index in [4.69, 9.17) is 14.2 Å². The van der Waals surface area contributed by atoms with Crippen LogP contribution in [0.2, 0.25) is 0 Å². The van der Waals surface area contributed by atoms with E-state index >= 15 is 0 Å². The minimum Gasteiger partial charge on any atom is -0.466 e. The Morgan fingerprint density at radius 3 is 0.990 bits per heavy atom. The van der Waals surface area contributed by atoms with Crippen LogP contribution in [0.5, 0.6) is 0 Å². The average Bonchev–Trinajstić information content (AvgIpc) is 0.874. The fraction of sp³-hybridized carbons (Fsp3) is 0.930. The molecule has 7 atom stereocenters. The number of aliphatic hydroxyl groups is 5. The van der Waals surface area contributed by atoms with Crippen molar-refractivity contribution >= 4 is 11.9 Å². The molecule has 0 aromatic carbocycles. The van der Waals surface area contributed by atoms with Crippen molar-refractivity contribution in [3.05, 3.63) is 24.3 Å². The van der Waals surface area contributed by atoms with Gasteiger partial charge in [0.15, 0.2) is 6.29 Å². The normalized spacial score (nSPS) is 17.3. The van der Waals surface area contributed by atoms with Crippen molar-refractivity contribution in [3.63, 3.8) is 0 Å². The molecule has 1 rings (SSSR count). The van der Waals surface area contributed by atoms with Crippen molar-refractivity contribution in [1.82, 2.24) is 5.32 Å². The zero-order chi connectivity index (χ0) is 70.1. The molecule has 0 aromatic rings. The number of nitrogens with one attached hydrogen (secondary N) is 1. The van der Waals surface area contributed by atoms with Crippen LogP contribution < -0.4 is 5.32 Å². The van der Waals surface area contributed by atoms with Crippen LogP contribution in [0.4, 0.5) is 0 Å². The largest absolute Gasteiger partial charge is 0.466 e. The van der Waals surface area contributed by atoms with E-state index in [9.17, 15) is 35.1 Å². The highest BCUT2D eigenvalue weighted by Crippen LogP contribution is 2.24. The van der Waals surface area contributed by atoms with Gasteiger partial charge < -0.3 is 45.1 Å². The first-order valence-corrected chi connectivity index (χ1v) is 43.1. The molecule has 11 nitrogen and oxygen atoms in total. The number of ether oxygens (including phenoxy) is 3. The van der Waals surface area contributed by atoms with E-state index in [1.165, 1.54) is 366 Å². The number of allylic oxidation sites excluding steroid dienone is 3. The van der Waals surface area contributed by atoms with Gasteiger partial charge in [0.2, 0.25) is 5.91 Å². The summed E-state index contributed by atoms with van der Waals surface area (Å²) in [7, 11) is 0. The molecule has 1 saturated heterocycles. The number of carbonyl (C=O) groups excluding carboxylic acids is 2. The van der Waals surface area contributed by atoms with Crippen LogP contribution in [0.1, 0.15) is 450 Å². The molecule has 7 unspecified atom stereocenters. The van der Waals surface area contributed by atoms with Gasteiger partial charge in [-0.15, -0.1) is 0 Å². The van der Waals surface area contributed by atoms with Crippen LogP contribution in [0.25, 0.3) is 0 Å². The molecule has 1 heterocycles.